The van der Waals surface area contributed by atoms with Gasteiger partial charge in [0.25, 0.3) is 5.56 Å². The van der Waals surface area contributed by atoms with E-state index in [1.165, 1.54) is 10.9 Å². The Morgan fingerprint density at radius 3 is 2.69 bits per heavy atom. The van der Waals surface area contributed by atoms with E-state index in [1.54, 1.807) is 4.57 Å². The molecule has 0 fully saturated rings. The molecule has 2 aromatic carbocycles. The predicted octanol–water partition coefficient (Wildman–Crippen LogP) is 4.16. The van der Waals surface area contributed by atoms with E-state index in [-0.39, 0.29) is 24.6 Å². The first-order chi connectivity index (χ1) is 17.4. The minimum absolute atomic E-state index is 0.0258. The molecule has 184 valence electrons. The van der Waals surface area contributed by atoms with Gasteiger partial charge in [0.15, 0.2) is 5.82 Å². The maximum Gasteiger partial charge on any atom is 0.278 e. The molecule has 9 nitrogen and oxygen atoms in total. The number of hydrogen-bond acceptors (Lipinski definition) is 6. The lowest BCUT2D eigenvalue weighted by Gasteiger charge is -2.14. The molecule has 5 aromatic rings. The van der Waals surface area contributed by atoms with Gasteiger partial charge in [-0.05, 0) is 43.5 Å². The van der Waals surface area contributed by atoms with Crippen molar-refractivity contribution < 1.29 is 9.32 Å². The zero-order valence-electron chi connectivity index (χ0n) is 20.8. The first-order valence-corrected chi connectivity index (χ1v) is 12.1. The van der Waals surface area contributed by atoms with Crippen molar-refractivity contribution in [2.24, 2.45) is 0 Å². The summed E-state index contributed by atoms with van der Waals surface area (Å²) in [6.45, 7) is 8.03. The van der Waals surface area contributed by atoms with E-state index in [9.17, 15) is 9.59 Å². The van der Waals surface area contributed by atoms with Crippen LogP contribution in [0.1, 0.15) is 42.3 Å². The van der Waals surface area contributed by atoms with Gasteiger partial charge in [0, 0.05) is 17.5 Å². The summed E-state index contributed by atoms with van der Waals surface area (Å²) in [6, 6.07) is 11.9. The number of benzene rings is 2. The van der Waals surface area contributed by atoms with Crippen molar-refractivity contribution >= 4 is 33.5 Å². The number of amides is 1. The standard InChI is InChI=1S/C27H28N6O3/c1-5-18-9-7-8-17(4)24(18)30-22(34)13-33-20-11-10-16(3)12-19(20)25-26(33)27(35)32(15-28-25)14-23-29-21(6-2)31-36-23/h7-12,15H,5-6,13-14H2,1-4H3,(H,30,34). The summed E-state index contributed by atoms with van der Waals surface area (Å²) < 4.78 is 8.46. The zero-order valence-corrected chi connectivity index (χ0v) is 20.8. The largest absolute Gasteiger partial charge is 0.337 e. The molecular formula is C27H28N6O3. The second kappa shape index (κ2) is 9.41. The quantitative estimate of drug-likeness (QED) is 0.372. The summed E-state index contributed by atoms with van der Waals surface area (Å²) in [7, 11) is 0. The summed E-state index contributed by atoms with van der Waals surface area (Å²) in [5.41, 5.74) is 5.36. The average Bonchev–Trinajstić information content (AvgIpc) is 3.44. The van der Waals surface area contributed by atoms with Crippen molar-refractivity contribution in [2.45, 2.75) is 53.6 Å². The van der Waals surface area contributed by atoms with Crippen LogP contribution >= 0.6 is 0 Å². The molecule has 0 aliphatic rings. The summed E-state index contributed by atoms with van der Waals surface area (Å²) >= 11 is 0. The molecule has 0 aliphatic heterocycles. The molecule has 5 rings (SSSR count). The SMILES string of the molecule is CCc1noc(Cn2cnc3c4cc(C)ccc4n(CC(=O)Nc4c(C)cccc4CC)c3c2=O)n1. The molecule has 0 radical (unpaired) electrons. The smallest absolute Gasteiger partial charge is 0.278 e. The van der Waals surface area contributed by atoms with E-state index in [2.05, 4.69) is 27.4 Å². The number of para-hydroxylation sites is 1. The van der Waals surface area contributed by atoms with E-state index in [1.807, 2.05) is 57.2 Å². The minimum Gasteiger partial charge on any atom is -0.337 e. The number of anilines is 1. The Morgan fingerprint density at radius 2 is 1.94 bits per heavy atom. The van der Waals surface area contributed by atoms with Crippen molar-refractivity contribution in [1.29, 1.82) is 0 Å². The number of carbonyl (C=O) groups is 1. The molecule has 0 spiro atoms. The highest BCUT2D eigenvalue weighted by atomic mass is 16.5. The van der Waals surface area contributed by atoms with E-state index in [4.69, 9.17) is 4.52 Å². The molecule has 36 heavy (non-hydrogen) atoms. The van der Waals surface area contributed by atoms with Crippen molar-refractivity contribution in [3.8, 4) is 0 Å². The maximum absolute atomic E-state index is 13.7. The number of rotatable bonds is 7. The third-order valence-corrected chi connectivity index (χ3v) is 6.42. The third kappa shape index (κ3) is 4.17. The number of nitrogens with one attached hydrogen (secondary N) is 1. The fourth-order valence-electron chi connectivity index (χ4n) is 4.56. The van der Waals surface area contributed by atoms with Gasteiger partial charge in [-0.3, -0.25) is 14.2 Å². The van der Waals surface area contributed by atoms with Crippen LogP contribution in [0.25, 0.3) is 21.9 Å². The molecule has 0 saturated carbocycles. The lowest BCUT2D eigenvalue weighted by molar-refractivity contribution is -0.116. The Labute approximate surface area is 207 Å². The topological polar surface area (TPSA) is 108 Å². The predicted molar refractivity (Wildman–Crippen MR) is 138 cm³/mol. The van der Waals surface area contributed by atoms with Gasteiger partial charge in [0.1, 0.15) is 24.1 Å². The van der Waals surface area contributed by atoms with Crippen LogP contribution in [0.5, 0.6) is 0 Å². The van der Waals surface area contributed by atoms with E-state index >= 15 is 0 Å². The summed E-state index contributed by atoms with van der Waals surface area (Å²) in [6.07, 6.45) is 2.93. The van der Waals surface area contributed by atoms with E-state index in [0.717, 1.165) is 39.7 Å². The van der Waals surface area contributed by atoms with Crippen LogP contribution in [0, 0.1) is 13.8 Å². The van der Waals surface area contributed by atoms with Gasteiger partial charge >= 0.3 is 0 Å². The van der Waals surface area contributed by atoms with Crippen LogP contribution in [-0.2, 0) is 30.7 Å². The van der Waals surface area contributed by atoms with Crippen molar-refractivity contribution in [1.82, 2.24) is 24.3 Å². The van der Waals surface area contributed by atoms with Gasteiger partial charge in [-0.1, -0.05) is 48.8 Å². The van der Waals surface area contributed by atoms with E-state index < -0.39 is 0 Å². The Bertz CT molecular complexity index is 1660. The van der Waals surface area contributed by atoms with Gasteiger partial charge in [-0.25, -0.2) is 4.98 Å². The molecule has 3 heterocycles. The first kappa shape index (κ1) is 23.5. The molecule has 0 atom stereocenters. The molecule has 0 aliphatic carbocycles. The number of aryl methyl sites for hydroxylation is 4. The van der Waals surface area contributed by atoms with Crippen LogP contribution < -0.4 is 10.9 Å². The third-order valence-electron chi connectivity index (χ3n) is 6.42. The van der Waals surface area contributed by atoms with Crippen molar-refractivity contribution in [2.75, 3.05) is 5.32 Å². The zero-order chi connectivity index (χ0) is 25.4. The molecule has 3 aromatic heterocycles. The number of carbonyl (C=O) groups excluding carboxylic acids is 1. The van der Waals surface area contributed by atoms with E-state index in [0.29, 0.717) is 29.2 Å². The Hall–Kier alpha value is -4.27. The van der Waals surface area contributed by atoms with Gasteiger partial charge in [0.2, 0.25) is 11.8 Å². The van der Waals surface area contributed by atoms with Crippen LogP contribution in [0.15, 0.2) is 52.0 Å². The molecule has 9 heteroatoms. The fraction of sp³-hybridized carbons (Fsp3) is 0.296. The highest BCUT2D eigenvalue weighted by Crippen LogP contribution is 2.27. The van der Waals surface area contributed by atoms with Gasteiger partial charge in [-0.15, -0.1) is 0 Å². The highest BCUT2D eigenvalue weighted by Gasteiger charge is 2.20. The molecule has 1 amide bonds. The van der Waals surface area contributed by atoms with Crippen molar-refractivity contribution in [3.63, 3.8) is 0 Å². The first-order valence-electron chi connectivity index (χ1n) is 12.1. The molecule has 1 N–H and O–H groups in total. The van der Waals surface area contributed by atoms with Crippen LogP contribution in [0.2, 0.25) is 0 Å². The van der Waals surface area contributed by atoms with Gasteiger partial charge < -0.3 is 14.4 Å². The second-order valence-electron chi connectivity index (χ2n) is 8.95. The van der Waals surface area contributed by atoms with Crippen molar-refractivity contribution in [3.05, 3.63) is 81.5 Å². The summed E-state index contributed by atoms with van der Waals surface area (Å²) in [5, 5.41) is 7.81. The minimum atomic E-state index is -0.275. The maximum atomic E-state index is 13.7. The highest BCUT2D eigenvalue weighted by molar-refractivity contribution is 6.07. The summed E-state index contributed by atoms with van der Waals surface area (Å²) in [5.74, 6) is 0.701. The molecular weight excluding hydrogens is 456 g/mol. The number of aromatic nitrogens is 5. The van der Waals surface area contributed by atoms with Crippen LogP contribution in [0.4, 0.5) is 5.69 Å². The lowest BCUT2D eigenvalue weighted by Crippen LogP contribution is -2.26. The van der Waals surface area contributed by atoms with Crippen LogP contribution in [0.3, 0.4) is 0 Å². The molecule has 0 bridgehead atoms. The van der Waals surface area contributed by atoms with Crippen LogP contribution in [-0.4, -0.2) is 30.2 Å². The summed E-state index contributed by atoms with van der Waals surface area (Å²) in [4.78, 5) is 35.9. The fourth-order valence-corrected chi connectivity index (χ4v) is 4.56. The second-order valence-corrected chi connectivity index (χ2v) is 8.95. The van der Waals surface area contributed by atoms with Gasteiger partial charge in [0.05, 0.1) is 11.8 Å². The van der Waals surface area contributed by atoms with Gasteiger partial charge in [-0.2, -0.15) is 4.98 Å². The average molecular weight is 485 g/mol. The monoisotopic (exact) mass is 484 g/mol. The number of fused-ring (bicyclic) bond motifs is 3. The number of hydrogen-bond donors (Lipinski definition) is 1. The molecule has 0 saturated heterocycles. The lowest BCUT2D eigenvalue weighted by atomic mass is 10.1. The Balaban J connectivity index is 1.59. The molecule has 0 unspecified atom stereocenters. The normalized spacial score (nSPS) is 11.4. The Morgan fingerprint density at radius 1 is 1.11 bits per heavy atom. The Kier molecular flexibility index (Phi) is 6.13. The number of nitrogens with zero attached hydrogens (tertiary/aromatic N) is 5.